The molecule has 5 atom stereocenters. The fourth-order valence-electron chi connectivity index (χ4n) is 2.60. The van der Waals surface area contributed by atoms with Crippen molar-refractivity contribution < 1.29 is 9.84 Å². The molecular weight excluding hydrogens is 238 g/mol. The Kier molecular flexibility index (Phi) is 5.90. The van der Waals surface area contributed by atoms with Crippen molar-refractivity contribution in [1.82, 2.24) is 0 Å². The van der Waals surface area contributed by atoms with Crippen LogP contribution in [0.4, 0.5) is 0 Å². The van der Waals surface area contributed by atoms with Gasteiger partial charge in [0.05, 0.1) is 24.1 Å². The maximum atomic E-state index is 10.1. The van der Waals surface area contributed by atoms with Gasteiger partial charge in [-0.25, -0.2) is 0 Å². The fourth-order valence-corrected chi connectivity index (χ4v) is 3.04. The molecule has 0 heterocycles. The maximum absolute atomic E-state index is 10.1. The molecule has 1 aliphatic rings. The molecule has 0 amide bonds. The van der Waals surface area contributed by atoms with E-state index in [1.54, 1.807) is 7.11 Å². The summed E-state index contributed by atoms with van der Waals surface area (Å²) < 4.78 is 5.10. The average Bonchev–Trinajstić information content (AvgIpc) is 2.27. The lowest BCUT2D eigenvalue weighted by Gasteiger charge is -2.37. The van der Waals surface area contributed by atoms with Gasteiger partial charge in [-0.05, 0) is 25.7 Å². The van der Waals surface area contributed by atoms with Gasteiger partial charge < -0.3 is 9.84 Å². The number of nitrogens with zero attached hydrogens (tertiary/aromatic N) is 1. The summed E-state index contributed by atoms with van der Waals surface area (Å²) in [6.45, 7) is 6.87. The lowest BCUT2D eigenvalue weighted by Crippen LogP contribution is -2.44. The van der Waals surface area contributed by atoms with E-state index >= 15 is 0 Å². The number of ether oxygens (including phenoxy) is 1. The number of halogens is 1. The molecule has 0 spiro atoms. The highest BCUT2D eigenvalue weighted by molar-refractivity contribution is 6.21. The molecule has 1 rings (SSSR count). The van der Waals surface area contributed by atoms with Gasteiger partial charge in [0.15, 0.2) is 0 Å². The van der Waals surface area contributed by atoms with Gasteiger partial charge in [0.25, 0.3) is 0 Å². The third-order valence-electron chi connectivity index (χ3n) is 3.46. The largest absolute Gasteiger partial charge is 0.391 e. The van der Waals surface area contributed by atoms with E-state index in [2.05, 4.69) is 13.8 Å². The van der Waals surface area contributed by atoms with Crippen LogP contribution in [0.1, 0.15) is 33.6 Å². The number of aliphatic hydroxyl groups is 1. The molecule has 4 heteroatoms. The first-order valence-corrected chi connectivity index (χ1v) is 6.83. The summed E-state index contributed by atoms with van der Waals surface area (Å²) in [6.07, 6.45) is 1.22. The first-order chi connectivity index (χ1) is 8.01. The molecule has 3 nitrogen and oxygen atoms in total. The van der Waals surface area contributed by atoms with Crippen molar-refractivity contribution in [3.05, 3.63) is 0 Å². The van der Waals surface area contributed by atoms with E-state index in [-0.39, 0.29) is 17.3 Å². The van der Waals surface area contributed by atoms with E-state index in [1.807, 2.05) is 6.92 Å². The zero-order chi connectivity index (χ0) is 13.0. The molecule has 0 radical (unpaired) electrons. The third-order valence-corrected chi connectivity index (χ3v) is 3.90. The molecule has 1 aliphatic carbocycles. The number of aliphatic imine (C=N–C) groups is 1. The highest BCUT2D eigenvalue weighted by atomic mass is 35.5. The van der Waals surface area contributed by atoms with Gasteiger partial charge in [-0.2, -0.15) is 0 Å². The van der Waals surface area contributed by atoms with Crippen LogP contribution in [-0.2, 0) is 4.74 Å². The quantitative estimate of drug-likeness (QED) is 0.790. The first-order valence-electron chi connectivity index (χ1n) is 6.39. The number of aliphatic hydroxyl groups excluding tert-OH is 1. The molecule has 1 saturated carbocycles. The minimum atomic E-state index is -0.466. The van der Waals surface area contributed by atoms with Crippen LogP contribution in [0.25, 0.3) is 0 Å². The van der Waals surface area contributed by atoms with E-state index in [1.165, 1.54) is 0 Å². The summed E-state index contributed by atoms with van der Waals surface area (Å²) in [5.41, 5.74) is 1.11. The lowest BCUT2D eigenvalue weighted by molar-refractivity contribution is 0.111. The second-order valence-corrected chi connectivity index (χ2v) is 5.58. The highest BCUT2D eigenvalue weighted by Gasteiger charge is 2.37. The van der Waals surface area contributed by atoms with Crippen LogP contribution in [0.2, 0.25) is 0 Å². The topological polar surface area (TPSA) is 41.8 Å². The van der Waals surface area contributed by atoms with Gasteiger partial charge in [0.1, 0.15) is 0 Å². The van der Waals surface area contributed by atoms with Crippen LogP contribution in [0.15, 0.2) is 4.99 Å². The predicted octanol–water partition coefficient (Wildman–Crippen LogP) is 2.50. The van der Waals surface area contributed by atoms with Crippen molar-refractivity contribution >= 4 is 17.3 Å². The Morgan fingerprint density at radius 3 is 2.76 bits per heavy atom. The Morgan fingerprint density at radius 2 is 2.24 bits per heavy atom. The Morgan fingerprint density at radius 1 is 1.59 bits per heavy atom. The molecular formula is C13H24ClNO2. The average molecular weight is 262 g/mol. The summed E-state index contributed by atoms with van der Waals surface area (Å²) in [4.78, 5) is 4.72. The predicted molar refractivity (Wildman–Crippen MR) is 72.0 cm³/mol. The molecule has 1 N–H and O–H groups in total. The van der Waals surface area contributed by atoms with Crippen molar-refractivity contribution in [2.24, 2.45) is 16.8 Å². The normalized spacial score (nSPS) is 38.4. The van der Waals surface area contributed by atoms with Crippen LogP contribution in [-0.4, -0.2) is 42.1 Å². The molecule has 1 fully saturated rings. The Labute approximate surface area is 109 Å². The van der Waals surface area contributed by atoms with E-state index in [0.717, 1.165) is 18.6 Å². The molecule has 100 valence electrons. The van der Waals surface area contributed by atoms with E-state index in [4.69, 9.17) is 21.3 Å². The first kappa shape index (κ1) is 14.9. The minimum absolute atomic E-state index is 0.0977. The Hall–Kier alpha value is -0.120. The van der Waals surface area contributed by atoms with Crippen LogP contribution in [0.3, 0.4) is 0 Å². The van der Waals surface area contributed by atoms with Crippen LogP contribution >= 0.6 is 11.6 Å². The molecule has 0 aromatic rings. The van der Waals surface area contributed by atoms with E-state index in [0.29, 0.717) is 12.5 Å². The minimum Gasteiger partial charge on any atom is -0.391 e. The van der Waals surface area contributed by atoms with Gasteiger partial charge in [0.2, 0.25) is 0 Å². The molecule has 0 saturated heterocycles. The van der Waals surface area contributed by atoms with Gasteiger partial charge in [-0.1, -0.05) is 13.8 Å². The standard InChI is InChI=1S/C13H24ClNO2/c1-5-10-12(15-9(3)7-17-4)8(2)6-11(14)13(10)16/h8-11,13,16H,5-7H2,1-4H3. The van der Waals surface area contributed by atoms with Crippen molar-refractivity contribution in [3.63, 3.8) is 0 Å². The molecule has 0 aromatic carbocycles. The maximum Gasteiger partial charge on any atom is 0.0784 e. The van der Waals surface area contributed by atoms with Crippen LogP contribution in [0.5, 0.6) is 0 Å². The zero-order valence-electron chi connectivity index (χ0n) is 11.2. The second-order valence-electron chi connectivity index (χ2n) is 5.02. The number of hydrogen-bond donors (Lipinski definition) is 1. The fraction of sp³-hybridized carbons (Fsp3) is 0.923. The molecule has 0 bridgehead atoms. The smallest absolute Gasteiger partial charge is 0.0784 e. The SMILES string of the molecule is CCC1C(=NC(C)COC)C(C)CC(Cl)C1O. The van der Waals surface area contributed by atoms with E-state index < -0.39 is 6.10 Å². The number of rotatable bonds is 4. The lowest BCUT2D eigenvalue weighted by atomic mass is 9.76. The Balaban J connectivity index is 2.85. The van der Waals surface area contributed by atoms with Crippen molar-refractivity contribution in [2.45, 2.75) is 51.1 Å². The van der Waals surface area contributed by atoms with Gasteiger partial charge in [0, 0.05) is 18.7 Å². The summed E-state index contributed by atoms with van der Waals surface area (Å²) in [5.74, 6) is 0.450. The molecule has 17 heavy (non-hydrogen) atoms. The van der Waals surface area contributed by atoms with Gasteiger partial charge in [-0.3, -0.25) is 4.99 Å². The zero-order valence-corrected chi connectivity index (χ0v) is 11.9. The number of methoxy groups -OCH3 is 1. The number of hydrogen-bond acceptors (Lipinski definition) is 3. The highest BCUT2D eigenvalue weighted by Crippen LogP contribution is 2.32. The van der Waals surface area contributed by atoms with E-state index in [9.17, 15) is 5.11 Å². The monoisotopic (exact) mass is 261 g/mol. The molecule has 0 aromatic heterocycles. The van der Waals surface area contributed by atoms with Gasteiger partial charge in [-0.15, -0.1) is 11.6 Å². The second kappa shape index (κ2) is 6.72. The van der Waals surface area contributed by atoms with Crippen LogP contribution in [0, 0.1) is 11.8 Å². The summed E-state index contributed by atoms with van der Waals surface area (Å²) in [6, 6.07) is 0.144. The summed E-state index contributed by atoms with van der Waals surface area (Å²) in [7, 11) is 1.68. The summed E-state index contributed by atoms with van der Waals surface area (Å²) >= 11 is 6.17. The van der Waals surface area contributed by atoms with Crippen LogP contribution < -0.4 is 0 Å². The molecule has 0 aliphatic heterocycles. The third kappa shape index (κ3) is 3.67. The van der Waals surface area contributed by atoms with Crippen molar-refractivity contribution in [1.29, 1.82) is 0 Å². The van der Waals surface area contributed by atoms with Gasteiger partial charge >= 0.3 is 0 Å². The summed E-state index contributed by atoms with van der Waals surface area (Å²) in [5, 5.41) is 9.98. The Bertz CT molecular complexity index is 270. The van der Waals surface area contributed by atoms with Crippen molar-refractivity contribution in [3.8, 4) is 0 Å². The number of alkyl halides is 1. The molecule has 5 unspecified atom stereocenters. The van der Waals surface area contributed by atoms with Crippen molar-refractivity contribution in [2.75, 3.05) is 13.7 Å².